The van der Waals surface area contributed by atoms with Gasteiger partial charge < -0.3 is 0 Å². The minimum Gasteiger partial charge on any atom is -0.0654 e. The number of hydrogen-bond donors (Lipinski definition) is 0. The van der Waals surface area contributed by atoms with Crippen LogP contribution in [-0.4, -0.2) is 0 Å². The fourth-order valence-corrected chi connectivity index (χ4v) is 12.4. The summed E-state index contributed by atoms with van der Waals surface area (Å²) >= 11 is 0. The molecule has 0 heterocycles. The molecular weight excluding hydrogens is 1130 g/mol. The molecule has 478 valence electrons. The maximum absolute atomic E-state index is 3.59. The van der Waals surface area contributed by atoms with E-state index in [0.717, 1.165) is 70.2 Å². The van der Waals surface area contributed by atoms with Gasteiger partial charge in [-0.15, -0.1) is 0 Å². The van der Waals surface area contributed by atoms with Crippen molar-refractivity contribution in [2.45, 2.75) is 207 Å². The molecule has 0 heteroatoms. The fraction of sp³-hybridized carbons (Fsp3) is 0.340. The van der Waals surface area contributed by atoms with Gasteiger partial charge in [0.2, 0.25) is 0 Å². The van der Waals surface area contributed by atoms with Crippen LogP contribution in [0.3, 0.4) is 0 Å². The van der Waals surface area contributed by atoms with Gasteiger partial charge in [0, 0.05) is 44.5 Å². The monoisotopic (exact) mass is 1230 g/mol. The summed E-state index contributed by atoms with van der Waals surface area (Å²) in [6.07, 6.45) is 36.1. The first kappa shape index (κ1) is 69.6. The molecule has 0 spiro atoms. The molecule has 0 saturated heterocycles. The molecule has 0 nitrogen and oxygen atoms in total. The summed E-state index contributed by atoms with van der Waals surface area (Å²) in [5.74, 6) is 28.5. The molecule has 0 aliphatic rings. The summed E-state index contributed by atoms with van der Waals surface area (Å²) in [4.78, 5) is 0. The van der Waals surface area contributed by atoms with Crippen LogP contribution in [0.5, 0.6) is 0 Å². The van der Waals surface area contributed by atoms with Crippen molar-refractivity contribution in [2.24, 2.45) is 0 Å². The number of rotatable bonds is 32. The highest BCUT2D eigenvalue weighted by atomic mass is 14.1. The molecule has 0 radical (unpaired) electrons. The molecule has 0 amide bonds. The normalized spacial score (nSPS) is 10.8. The van der Waals surface area contributed by atoms with E-state index in [1.165, 1.54) is 221 Å². The second-order valence-corrected chi connectivity index (χ2v) is 26.1. The maximum Gasteiger partial charge on any atom is 0.0419 e. The average molecular weight is 1230 g/mol. The first-order valence-corrected chi connectivity index (χ1v) is 36.5. The smallest absolute Gasteiger partial charge is 0.0419 e. The molecule has 9 rings (SSSR count). The van der Waals surface area contributed by atoms with Crippen LogP contribution in [0.1, 0.15) is 249 Å². The van der Waals surface area contributed by atoms with Crippen molar-refractivity contribution >= 4 is 0 Å². The predicted octanol–water partition coefficient (Wildman–Crippen LogP) is 25.6. The van der Waals surface area contributed by atoms with E-state index in [4.69, 9.17) is 0 Å². The van der Waals surface area contributed by atoms with E-state index in [9.17, 15) is 0 Å². The Morgan fingerprint density at radius 3 is 0.511 bits per heavy atom. The van der Waals surface area contributed by atoms with E-state index < -0.39 is 0 Å². The second kappa shape index (κ2) is 39.7. The number of benzene rings is 9. The Morgan fingerprint density at radius 2 is 0.330 bits per heavy atom. The molecule has 0 N–H and O–H groups in total. The van der Waals surface area contributed by atoms with Gasteiger partial charge in [-0.3, -0.25) is 0 Å². The molecule has 0 saturated carbocycles. The van der Waals surface area contributed by atoms with Crippen molar-refractivity contribution in [3.05, 3.63) is 273 Å². The molecule has 94 heavy (non-hydrogen) atoms. The quantitative estimate of drug-likeness (QED) is 0.0291. The second-order valence-electron chi connectivity index (χ2n) is 26.1. The summed E-state index contributed by atoms with van der Waals surface area (Å²) in [5, 5.41) is 0. The average Bonchev–Trinajstić information content (AvgIpc) is 1.16. The molecule has 0 fully saturated rings. The molecule has 9 aromatic rings. The standard InChI is InChI=1S/C94H102/c1-5-9-13-17-21-25-29-75-33-53-83(54-34-75)87-61-41-79(42-62-87)49-69-91-73-93(71-51-81-45-65-89(66-46-81)85-57-37-77(38-58-85)31-27-23-19-15-11-7-3)94(72-52-82-47-67-90(68-48-82)86-59-39-78(40-60-86)32-28-24-20-16-12-8-4)74-92(91)70-50-80-43-63-88(64-44-80)84-55-35-76(36-56-84)30-26-22-18-14-10-6-2/h33-48,53-68,73-74H,5-32H2,1-4H3. The van der Waals surface area contributed by atoms with E-state index >= 15 is 0 Å². The van der Waals surface area contributed by atoms with Crippen molar-refractivity contribution in [1.29, 1.82) is 0 Å². The maximum atomic E-state index is 3.59. The van der Waals surface area contributed by atoms with Crippen molar-refractivity contribution < 1.29 is 0 Å². The lowest BCUT2D eigenvalue weighted by molar-refractivity contribution is 0.607. The summed E-state index contributed by atoms with van der Waals surface area (Å²) < 4.78 is 0. The molecule has 0 aliphatic carbocycles. The van der Waals surface area contributed by atoms with Crippen LogP contribution in [0.15, 0.2) is 206 Å². The van der Waals surface area contributed by atoms with Crippen LogP contribution in [0.2, 0.25) is 0 Å². The molecule has 0 aromatic heterocycles. The lowest BCUT2D eigenvalue weighted by atomic mass is 9.97. The largest absolute Gasteiger partial charge is 0.0654 e. The third-order valence-electron chi connectivity index (χ3n) is 18.5. The SMILES string of the molecule is CCCCCCCCc1ccc(-c2ccc(C#Cc3cc(C#Cc4ccc(-c5ccc(CCCCCCCC)cc5)cc4)c(C#Cc4ccc(-c5ccc(CCCCCCCC)cc5)cc4)cc3C#Cc3ccc(-c4ccc(CCCCCCCC)cc4)cc3)cc2)cc1. The molecule has 9 aromatic carbocycles. The summed E-state index contributed by atoms with van der Waals surface area (Å²) in [6, 6.07) is 75.3. The Hall–Kier alpha value is -8.78. The van der Waals surface area contributed by atoms with E-state index in [0.29, 0.717) is 0 Å². The highest BCUT2D eigenvalue weighted by Crippen LogP contribution is 2.27. The van der Waals surface area contributed by atoms with Gasteiger partial charge in [-0.2, -0.15) is 0 Å². The summed E-state index contributed by atoms with van der Waals surface area (Å²) in [7, 11) is 0. The van der Waals surface area contributed by atoms with Gasteiger partial charge in [-0.05, 0) is 179 Å². The van der Waals surface area contributed by atoms with Crippen LogP contribution in [0, 0.1) is 47.4 Å². The Labute approximate surface area is 568 Å². The summed E-state index contributed by atoms with van der Waals surface area (Å²) in [6.45, 7) is 9.13. The highest BCUT2D eigenvalue weighted by molar-refractivity contribution is 5.70. The number of hydrogen-bond acceptors (Lipinski definition) is 0. The molecular formula is C94H102. The number of unbranched alkanes of at least 4 members (excludes halogenated alkanes) is 20. The van der Waals surface area contributed by atoms with Crippen molar-refractivity contribution in [1.82, 2.24) is 0 Å². The number of aryl methyl sites for hydroxylation is 4. The van der Waals surface area contributed by atoms with Crippen LogP contribution < -0.4 is 0 Å². The van der Waals surface area contributed by atoms with Gasteiger partial charge in [0.15, 0.2) is 0 Å². The van der Waals surface area contributed by atoms with E-state index in [2.05, 4.69) is 281 Å². The first-order valence-electron chi connectivity index (χ1n) is 36.5. The lowest BCUT2D eigenvalue weighted by Crippen LogP contribution is -1.93. The van der Waals surface area contributed by atoms with Gasteiger partial charge in [-0.1, -0.05) is 349 Å². The minimum absolute atomic E-state index is 0.808. The van der Waals surface area contributed by atoms with Crippen LogP contribution in [0.25, 0.3) is 44.5 Å². The molecule has 0 atom stereocenters. The Bertz CT molecular complexity index is 3410. The van der Waals surface area contributed by atoms with E-state index in [1.54, 1.807) is 0 Å². The van der Waals surface area contributed by atoms with Gasteiger partial charge in [0.25, 0.3) is 0 Å². The minimum atomic E-state index is 0.808. The van der Waals surface area contributed by atoms with Crippen molar-refractivity contribution in [2.75, 3.05) is 0 Å². The zero-order chi connectivity index (χ0) is 65.0. The van der Waals surface area contributed by atoms with Crippen LogP contribution in [0.4, 0.5) is 0 Å². The highest BCUT2D eigenvalue weighted by Gasteiger charge is 2.09. The third-order valence-corrected chi connectivity index (χ3v) is 18.5. The van der Waals surface area contributed by atoms with E-state index in [-0.39, 0.29) is 0 Å². The lowest BCUT2D eigenvalue weighted by Gasteiger charge is -2.06. The Balaban J connectivity index is 1.01. The van der Waals surface area contributed by atoms with E-state index in [1.807, 2.05) is 0 Å². The third kappa shape index (κ3) is 23.4. The predicted molar refractivity (Wildman–Crippen MR) is 406 cm³/mol. The van der Waals surface area contributed by atoms with Crippen LogP contribution >= 0.6 is 0 Å². The van der Waals surface area contributed by atoms with Gasteiger partial charge >= 0.3 is 0 Å². The Morgan fingerprint density at radius 1 is 0.170 bits per heavy atom. The fourth-order valence-electron chi connectivity index (χ4n) is 12.4. The zero-order valence-electron chi connectivity index (χ0n) is 57.4. The molecule has 0 unspecified atom stereocenters. The van der Waals surface area contributed by atoms with Crippen molar-refractivity contribution in [3.8, 4) is 91.9 Å². The zero-order valence-corrected chi connectivity index (χ0v) is 57.4. The molecule has 0 bridgehead atoms. The molecule has 0 aliphatic heterocycles. The van der Waals surface area contributed by atoms with Crippen molar-refractivity contribution in [3.63, 3.8) is 0 Å². The van der Waals surface area contributed by atoms with Gasteiger partial charge in [0.05, 0.1) is 0 Å². The topological polar surface area (TPSA) is 0 Å². The summed E-state index contributed by atoms with van der Waals surface area (Å²) in [5.41, 5.74) is 22.2. The first-order chi connectivity index (χ1) is 46.4. The Kier molecular flexibility index (Phi) is 29.4. The van der Waals surface area contributed by atoms with Gasteiger partial charge in [0.1, 0.15) is 0 Å². The van der Waals surface area contributed by atoms with Gasteiger partial charge in [-0.25, -0.2) is 0 Å². The van der Waals surface area contributed by atoms with Crippen LogP contribution in [-0.2, 0) is 25.7 Å².